The molecule has 10 nitrogen and oxygen atoms in total. The summed E-state index contributed by atoms with van der Waals surface area (Å²) in [4.78, 5) is 27.1. The average molecular weight is 508 g/mol. The number of pyridine rings is 1. The van der Waals surface area contributed by atoms with Crippen molar-refractivity contribution in [2.45, 2.75) is 45.8 Å². The lowest BCUT2D eigenvalue weighted by Gasteiger charge is -2.18. The molecule has 0 amide bonds. The number of alkyl halides is 3. The van der Waals surface area contributed by atoms with Gasteiger partial charge >= 0.3 is 12.1 Å². The van der Waals surface area contributed by atoms with Gasteiger partial charge in [-0.3, -0.25) is 9.48 Å². The van der Waals surface area contributed by atoms with E-state index in [0.29, 0.717) is 47.3 Å². The molecule has 2 N–H and O–H groups in total. The molecule has 1 fully saturated rings. The number of rotatable bonds is 9. The summed E-state index contributed by atoms with van der Waals surface area (Å²) in [6.45, 7) is 5.07. The summed E-state index contributed by atoms with van der Waals surface area (Å²) in [6, 6.07) is 3.67. The first-order valence-electron chi connectivity index (χ1n) is 11.6. The molecule has 1 saturated heterocycles. The Bertz CT molecular complexity index is 1230. The normalized spacial score (nSPS) is 16.3. The molecule has 36 heavy (non-hydrogen) atoms. The van der Waals surface area contributed by atoms with Gasteiger partial charge in [0.2, 0.25) is 5.95 Å². The van der Waals surface area contributed by atoms with E-state index in [2.05, 4.69) is 20.4 Å². The third kappa shape index (κ3) is 5.83. The highest BCUT2D eigenvalue weighted by atomic mass is 19.4. The Kier molecular flexibility index (Phi) is 7.29. The van der Waals surface area contributed by atoms with Crippen LogP contribution in [0, 0.1) is 12.8 Å². The SMILES string of the molecule is Cc1ccc(Nc2nc(N3CC[C@@H](C(=O)O)C3)nc3c(C(C)C)nn(CCOCC(F)(F)F)c23)nc1. The number of nitrogens with one attached hydrogen (secondary N) is 1. The molecule has 4 heterocycles. The molecule has 0 aromatic carbocycles. The van der Waals surface area contributed by atoms with Crippen LogP contribution in [0.4, 0.5) is 30.8 Å². The minimum Gasteiger partial charge on any atom is -0.481 e. The van der Waals surface area contributed by atoms with Crippen LogP contribution < -0.4 is 10.2 Å². The van der Waals surface area contributed by atoms with Crippen LogP contribution in [0.5, 0.6) is 0 Å². The van der Waals surface area contributed by atoms with Crippen molar-refractivity contribution in [3.8, 4) is 0 Å². The highest BCUT2D eigenvalue weighted by Crippen LogP contribution is 2.33. The Morgan fingerprint density at radius 3 is 2.69 bits per heavy atom. The fraction of sp³-hybridized carbons (Fsp3) is 0.522. The maximum Gasteiger partial charge on any atom is 0.411 e. The molecule has 3 aromatic heterocycles. The fourth-order valence-electron chi connectivity index (χ4n) is 4.02. The van der Waals surface area contributed by atoms with Gasteiger partial charge in [-0.05, 0) is 30.9 Å². The Morgan fingerprint density at radius 2 is 2.08 bits per heavy atom. The molecule has 1 aliphatic heterocycles. The van der Waals surface area contributed by atoms with E-state index in [1.54, 1.807) is 16.9 Å². The minimum absolute atomic E-state index is 0.0386. The summed E-state index contributed by atoms with van der Waals surface area (Å²) in [6.07, 6.45) is -2.24. The molecule has 0 unspecified atom stereocenters. The monoisotopic (exact) mass is 507 g/mol. The molecule has 0 saturated carbocycles. The van der Waals surface area contributed by atoms with Gasteiger partial charge in [0.1, 0.15) is 23.5 Å². The molecule has 3 aromatic rings. The van der Waals surface area contributed by atoms with Crippen LogP contribution in [-0.4, -0.2) is 68.3 Å². The average Bonchev–Trinajstić information content (AvgIpc) is 3.43. The molecule has 194 valence electrons. The zero-order valence-electron chi connectivity index (χ0n) is 20.2. The second-order valence-electron chi connectivity index (χ2n) is 9.12. The Hall–Kier alpha value is -3.48. The van der Waals surface area contributed by atoms with Crippen molar-refractivity contribution in [1.29, 1.82) is 0 Å². The van der Waals surface area contributed by atoms with E-state index < -0.39 is 24.7 Å². The number of aliphatic carboxylic acids is 1. The van der Waals surface area contributed by atoms with E-state index in [1.165, 1.54) is 0 Å². The van der Waals surface area contributed by atoms with Crippen LogP contribution in [0.2, 0.25) is 0 Å². The zero-order chi connectivity index (χ0) is 26.0. The van der Waals surface area contributed by atoms with E-state index in [-0.39, 0.29) is 25.6 Å². The van der Waals surface area contributed by atoms with Crippen molar-refractivity contribution < 1.29 is 27.8 Å². The first-order valence-corrected chi connectivity index (χ1v) is 11.6. The van der Waals surface area contributed by atoms with Gasteiger partial charge in [0.25, 0.3) is 0 Å². The molecule has 0 spiro atoms. The summed E-state index contributed by atoms with van der Waals surface area (Å²) >= 11 is 0. The summed E-state index contributed by atoms with van der Waals surface area (Å²) in [5.74, 6) is -0.171. The van der Waals surface area contributed by atoms with E-state index in [9.17, 15) is 23.1 Å². The standard InChI is InChI=1S/C23H28F3N7O3/c1-13(2)17-18-19(33(31-17)8-9-36-12-23(24,25)26)20(28-16-5-4-14(3)10-27-16)30-22(29-18)32-7-6-15(11-32)21(34)35/h4-5,10,13,15H,6-9,11-12H2,1-3H3,(H,34,35)(H,27,28,29,30)/t15-/m1/s1. The molecular formula is C23H28F3N7O3. The zero-order valence-corrected chi connectivity index (χ0v) is 20.2. The summed E-state index contributed by atoms with van der Waals surface area (Å²) in [7, 11) is 0. The predicted molar refractivity (Wildman–Crippen MR) is 126 cm³/mol. The molecule has 0 radical (unpaired) electrons. The third-order valence-corrected chi connectivity index (χ3v) is 5.84. The van der Waals surface area contributed by atoms with Gasteiger partial charge in [0.15, 0.2) is 5.82 Å². The van der Waals surface area contributed by atoms with Gasteiger partial charge in [0.05, 0.1) is 24.8 Å². The maximum atomic E-state index is 12.5. The number of ether oxygens (including phenoxy) is 1. The number of carbonyl (C=O) groups is 1. The lowest BCUT2D eigenvalue weighted by atomic mass is 10.1. The first kappa shape index (κ1) is 25.6. The number of aryl methyl sites for hydroxylation is 1. The van der Waals surface area contributed by atoms with Gasteiger partial charge in [-0.15, -0.1) is 0 Å². The van der Waals surface area contributed by atoms with Crippen LogP contribution >= 0.6 is 0 Å². The molecule has 0 bridgehead atoms. The third-order valence-electron chi connectivity index (χ3n) is 5.84. The smallest absolute Gasteiger partial charge is 0.411 e. The summed E-state index contributed by atoms with van der Waals surface area (Å²) in [5.41, 5.74) is 2.67. The number of fused-ring (bicyclic) bond motifs is 1. The van der Waals surface area contributed by atoms with Gasteiger partial charge in [-0.2, -0.15) is 23.3 Å². The number of carboxylic acid groups (broad SMARTS) is 1. The number of nitrogens with zero attached hydrogens (tertiary/aromatic N) is 6. The van der Waals surface area contributed by atoms with Crippen molar-refractivity contribution in [1.82, 2.24) is 24.7 Å². The van der Waals surface area contributed by atoms with E-state index >= 15 is 0 Å². The van der Waals surface area contributed by atoms with Crippen LogP contribution in [0.1, 0.15) is 37.4 Å². The fourth-order valence-corrected chi connectivity index (χ4v) is 4.02. The lowest BCUT2D eigenvalue weighted by molar-refractivity contribution is -0.174. The lowest BCUT2D eigenvalue weighted by Crippen LogP contribution is -2.25. The summed E-state index contributed by atoms with van der Waals surface area (Å²) in [5, 5.41) is 17.2. The molecule has 0 aliphatic carbocycles. The molecular weight excluding hydrogens is 479 g/mol. The Morgan fingerprint density at radius 1 is 1.31 bits per heavy atom. The van der Waals surface area contributed by atoms with E-state index in [1.807, 2.05) is 31.7 Å². The van der Waals surface area contributed by atoms with Gasteiger partial charge in [-0.1, -0.05) is 19.9 Å². The second kappa shape index (κ2) is 10.2. The van der Waals surface area contributed by atoms with E-state index in [0.717, 1.165) is 5.56 Å². The number of aromatic nitrogens is 5. The van der Waals surface area contributed by atoms with Crippen molar-refractivity contribution in [2.24, 2.45) is 5.92 Å². The largest absolute Gasteiger partial charge is 0.481 e. The van der Waals surface area contributed by atoms with Crippen LogP contribution in [-0.2, 0) is 16.1 Å². The van der Waals surface area contributed by atoms with Crippen molar-refractivity contribution in [3.05, 3.63) is 29.6 Å². The van der Waals surface area contributed by atoms with Crippen LogP contribution in [0.3, 0.4) is 0 Å². The highest BCUT2D eigenvalue weighted by Gasteiger charge is 2.31. The summed E-state index contributed by atoms with van der Waals surface area (Å²) < 4.78 is 43.9. The van der Waals surface area contributed by atoms with Crippen molar-refractivity contribution >= 4 is 34.6 Å². The van der Waals surface area contributed by atoms with Crippen molar-refractivity contribution in [3.63, 3.8) is 0 Å². The number of hydrogen-bond donors (Lipinski definition) is 2. The van der Waals surface area contributed by atoms with Crippen LogP contribution in [0.15, 0.2) is 18.3 Å². The molecule has 13 heteroatoms. The quantitative estimate of drug-likeness (QED) is 0.416. The number of hydrogen-bond acceptors (Lipinski definition) is 8. The number of carboxylic acids is 1. The Balaban J connectivity index is 1.75. The van der Waals surface area contributed by atoms with E-state index in [4.69, 9.17) is 9.72 Å². The highest BCUT2D eigenvalue weighted by molar-refractivity contribution is 5.90. The second-order valence-corrected chi connectivity index (χ2v) is 9.12. The minimum atomic E-state index is -4.42. The van der Waals surface area contributed by atoms with Gasteiger partial charge in [-0.25, -0.2) is 9.97 Å². The topological polar surface area (TPSA) is 118 Å². The van der Waals surface area contributed by atoms with Crippen LogP contribution in [0.25, 0.3) is 11.0 Å². The first-order chi connectivity index (χ1) is 17.0. The van der Waals surface area contributed by atoms with Crippen molar-refractivity contribution in [2.75, 3.05) is 36.5 Å². The van der Waals surface area contributed by atoms with Gasteiger partial charge < -0.3 is 20.1 Å². The maximum absolute atomic E-state index is 12.5. The number of halogens is 3. The predicted octanol–water partition coefficient (Wildman–Crippen LogP) is 3.89. The van der Waals surface area contributed by atoms with Gasteiger partial charge in [0, 0.05) is 19.3 Å². The Labute approximate surface area is 205 Å². The molecule has 1 atom stereocenters. The number of anilines is 3. The molecule has 4 rings (SSSR count). The molecule has 1 aliphatic rings.